The number of thiocarbonyl (C=S) groups is 1. The summed E-state index contributed by atoms with van der Waals surface area (Å²) in [7, 11) is 0. The van der Waals surface area contributed by atoms with Crippen LogP contribution in [0.25, 0.3) is 43.7 Å². The van der Waals surface area contributed by atoms with Crippen molar-refractivity contribution < 1.29 is 34.2 Å². The summed E-state index contributed by atoms with van der Waals surface area (Å²) in [5.74, 6) is -0.664. The smallest absolute Gasteiger partial charge is 0.282 e. The van der Waals surface area contributed by atoms with E-state index in [0.29, 0.717) is 21.5 Å². The molecule has 1 saturated heterocycles. The minimum atomic E-state index is -0.790. The molecule has 7 aromatic carbocycles. The molecule has 22 heteroatoms. The summed E-state index contributed by atoms with van der Waals surface area (Å²) in [5.41, 5.74) is 23.2. The fourth-order valence-corrected chi connectivity index (χ4v) is 8.91. The highest BCUT2D eigenvalue weighted by Crippen LogP contribution is 2.35. The number of nitrogens with two attached hydrogens (primary N) is 3. The first-order chi connectivity index (χ1) is 38.6. The molecule has 412 valence electrons. The number of amides is 1. The number of hydrogen-bond acceptors (Lipinski definition) is 16. The van der Waals surface area contributed by atoms with Gasteiger partial charge >= 0.3 is 0 Å². The predicted molar refractivity (Wildman–Crippen MR) is 325 cm³/mol. The number of anilines is 1. The Hall–Kier alpha value is -8.77. The van der Waals surface area contributed by atoms with Crippen molar-refractivity contribution in [1.29, 1.82) is 0 Å². The molecule has 0 unspecified atom stereocenters. The van der Waals surface area contributed by atoms with Crippen molar-refractivity contribution in [1.82, 2.24) is 9.97 Å². The third-order valence-corrected chi connectivity index (χ3v) is 12.9. The molecule has 0 spiro atoms. The number of aromatic nitrogens is 2. The Balaban J connectivity index is 0.000000212. The number of aliphatic hydroxyl groups excluding tert-OH is 1. The maximum Gasteiger partial charge on any atom is 0.282 e. The van der Waals surface area contributed by atoms with Crippen molar-refractivity contribution in [3.63, 3.8) is 0 Å². The van der Waals surface area contributed by atoms with Crippen LogP contribution in [0.4, 0.5) is 22.7 Å². The number of nitrogens with zero attached hydrogens (tertiary/aromatic N) is 5. The van der Waals surface area contributed by atoms with Gasteiger partial charge in [-0.05, 0) is 50.1 Å². The van der Waals surface area contributed by atoms with E-state index in [0.717, 1.165) is 57.6 Å². The molecule has 0 atom stereocenters. The summed E-state index contributed by atoms with van der Waals surface area (Å²) in [4.78, 5) is 61.1. The standard InChI is InChI=1S/C15H10N2O2S.C15H12N2S.C8H7BrO.C7H6N2O3.C7H6N2O2S.C4H8O.C2H6O/c18-17(19)14-9-5-4-8-12(14)15-16-13(10-20-15)11-6-2-1-3-7-11;16-13-9-5-4-8-12(13)15-17-14(10-18-15)11-6-2-1-3-7-11;9-6-8(10)7-4-2-1-3-5-7;8-7(10)5-3-1-2-4-6(5)9(11)12;8-7(12)5-3-1-2-4-6(5)9(10)11;1-2-4-5-3-1;1-2-3/h1-10H;1-10H,16H2;1-5H,6H2;1-4H,(H2,8,10);1-4H,(H2,8,12);1-4H2;3H,2H2,1H3. The third kappa shape index (κ3) is 20.9. The lowest BCUT2D eigenvalue weighted by Gasteiger charge is -2.00. The molecule has 0 saturated carbocycles. The van der Waals surface area contributed by atoms with Gasteiger partial charge in [0, 0.05) is 76.7 Å². The molecule has 1 aliphatic rings. The largest absolute Gasteiger partial charge is 0.398 e. The molecule has 1 fully saturated rings. The lowest BCUT2D eigenvalue weighted by Crippen LogP contribution is -2.12. The average molecular weight is 1200 g/mol. The Morgan fingerprint density at radius 3 is 1.35 bits per heavy atom. The Morgan fingerprint density at radius 1 is 0.588 bits per heavy atom. The topological polar surface area (TPSA) is 297 Å². The van der Waals surface area contributed by atoms with Crippen LogP contribution < -0.4 is 17.2 Å². The van der Waals surface area contributed by atoms with Gasteiger partial charge < -0.3 is 27.0 Å². The number of halogens is 1. The van der Waals surface area contributed by atoms with Crippen LogP contribution in [0.1, 0.15) is 46.0 Å². The predicted octanol–water partition coefficient (Wildman–Crippen LogP) is 13.4. The average Bonchev–Trinajstić information content (AvgIpc) is 4.37. The minimum absolute atomic E-state index is 0.0438. The van der Waals surface area contributed by atoms with Gasteiger partial charge in [-0.25, -0.2) is 9.97 Å². The molecule has 1 amide bonds. The molecule has 1 aliphatic heterocycles. The summed E-state index contributed by atoms with van der Waals surface area (Å²) < 4.78 is 4.94. The number of thiazole rings is 2. The van der Waals surface area contributed by atoms with Crippen LogP contribution in [-0.2, 0) is 4.74 Å². The second kappa shape index (κ2) is 34.9. The first kappa shape index (κ1) is 63.8. The summed E-state index contributed by atoms with van der Waals surface area (Å²) in [6, 6.07) is 55.3. The van der Waals surface area contributed by atoms with E-state index in [4.69, 9.17) is 27.0 Å². The van der Waals surface area contributed by atoms with Gasteiger partial charge in [-0.1, -0.05) is 168 Å². The van der Waals surface area contributed by atoms with Crippen LogP contribution in [0.3, 0.4) is 0 Å². The Labute approximate surface area is 483 Å². The van der Waals surface area contributed by atoms with E-state index in [9.17, 15) is 39.9 Å². The van der Waals surface area contributed by atoms with E-state index in [1.54, 1.807) is 48.6 Å². The number of carbonyl (C=O) groups excluding carboxylic acids is 2. The quantitative estimate of drug-likeness (QED) is 0.0234. The molecule has 80 heavy (non-hydrogen) atoms. The zero-order valence-electron chi connectivity index (χ0n) is 43.0. The molecule has 2 aromatic heterocycles. The molecular weight excluding hydrogens is 1140 g/mol. The molecule has 9 aromatic rings. The number of nitro groups is 3. The summed E-state index contributed by atoms with van der Waals surface area (Å²) >= 11 is 10.8. The normalized spacial score (nSPS) is 10.6. The van der Waals surface area contributed by atoms with Crippen LogP contribution in [0.2, 0.25) is 0 Å². The molecule has 3 heterocycles. The van der Waals surface area contributed by atoms with E-state index in [2.05, 4.69) is 55.6 Å². The monoisotopic (exact) mass is 1200 g/mol. The number of primary amides is 1. The van der Waals surface area contributed by atoms with Crippen molar-refractivity contribution in [3.05, 3.63) is 246 Å². The van der Waals surface area contributed by atoms with Gasteiger partial charge in [0.25, 0.3) is 23.0 Å². The SMILES string of the molecule is C1CCOC1.CCO.NC(=O)c1ccccc1[N+](=O)[O-].NC(=S)c1ccccc1[N+](=O)[O-].Nc1ccccc1-c1nc(-c2ccccc2)cs1.O=C(CBr)c1ccccc1.O=[N+]([O-])c1ccccc1-c1nc(-c2ccccc2)cs1. The highest BCUT2D eigenvalue weighted by atomic mass is 79.9. The van der Waals surface area contributed by atoms with Gasteiger partial charge in [0.1, 0.15) is 20.6 Å². The first-order valence-corrected chi connectivity index (χ1v) is 27.4. The van der Waals surface area contributed by atoms with Crippen LogP contribution in [0, 0.1) is 30.3 Å². The van der Waals surface area contributed by atoms with Gasteiger partial charge in [-0.15, -0.1) is 22.7 Å². The number of hydrogen-bond donors (Lipinski definition) is 4. The number of rotatable bonds is 11. The highest BCUT2D eigenvalue weighted by molar-refractivity contribution is 9.09. The number of Topliss-reactive ketones (excluding diaryl/α,β-unsaturated/α-hetero) is 1. The Kier molecular flexibility index (Phi) is 27.8. The molecule has 0 bridgehead atoms. The lowest BCUT2D eigenvalue weighted by atomic mass is 10.1. The van der Waals surface area contributed by atoms with E-state index in [1.807, 2.05) is 109 Å². The van der Waals surface area contributed by atoms with Crippen LogP contribution in [0.15, 0.2) is 199 Å². The fraction of sp³-hybridized carbons (Fsp3) is 0.121. The zero-order valence-corrected chi connectivity index (χ0v) is 47.0. The minimum Gasteiger partial charge on any atom is -0.398 e. The second-order valence-corrected chi connectivity index (χ2v) is 18.7. The van der Waals surface area contributed by atoms with Gasteiger partial charge in [-0.2, -0.15) is 0 Å². The van der Waals surface area contributed by atoms with Gasteiger partial charge in [0.05, 0.1) is 42.6 Å². The molecule has 0 radical (unpaired) electrons. The molecule has 0 aliphatic carbocycles. The van der Waals surface area contributed by atoms with Gasteiger partial charge in [0.15, 0.2) is 5.78 Å². The lowest BCUT2D eigenvalue weighted by molar-refractivity contribution is -0.385. The number of benzene rings is 7. The molecular formula is C58H55BrN8O10S3. The van der Waals surface area contributed by atoms with Crippen LogP contribution in [-0.4, -0.2) is 71.7 Å². The number of carbonyl (C=O) groups is 2. The van der Waals surface area contributed by atoms with Crippen molar-refractivity contribution in [2.24, 2.45) is 11.5 Å². The maximum absolute atomic E-state index is 11.1. The summed E-state index contributed by atoms with van der Waals surface area (Å²) in [5, 5.41) is 45.4. The van der Waals surface area contributed by atoms with Crippen LogP contribution >= 0.6 is 50.8 Å². The number of nitro benzene ring substituents is 3. The van der Waals surface area contributed by atoms with E-state index >= 15 is 0 Å². The Bertz CT molecular complexity index is 3260. The maximum atomic E-state index is 11.1. The third-order valence-electron chi connectivity index (χ3n) is 10.4. The molecule has 18 nitrogen and oxygen atoms in total. The van der Waals surface area contributed by atoms with Crippen molar-refractivity contribution in [3.8, 4) is 43.7 Å². The van der Waals surface area contributed by atoms with E-state index in [-0.39, 0.29) is 44.9 Å². The number of alkyl halides is 1. The highest BCUT2D eigenvalue weighted by Gasteiger charge is 2.18. The molecule has 7 N–H and O–H groups in total. The number of para-hydroxylation sites is 4. The van der Waals surface area contributed by atoms with Crippen LogP contribution in [0.5, 0.6) is 0 Å². The number of aliphatic hydroxyl groups is 1. The first-order valence-electron chi connectivity index (χ1n) is 24.1. The van der Waals surface area contributed by atoms with Crippen molar-refractivity contribution in [2.45, 2.75) is 19.8 Å². The summed E-state index contributed by atoms with van der Waals surface area (Å²) in [6.45, 7) is 3.93. The van der Waals surface area contributed by atoms with Crippen molar-refractivity contribution >= 4 is 90.2 Å². The van der Waals surface area contributed by atoms with Gasteiger partial charge in [-0.3, -0.25) is 39.9 Å². The van der Waals surface area contributed by atoms with Crippen molar-refractivity contribution in [2.75, 3.05) is 30.9 Å². The summed E-state index contributed by atoms with van der Waals surface area (Å²) in [6.07, 6.45) is 2.56. The number of nitrogen functional groups attached to an aromatic ring is 1. The van der Waals surface area contributed by atoms with E-state index in [1.165, 1.54) is 66.6 Å². The van der Waals surface area contributed by atoms with E-state index < -0.39 is 15.8 Å². The Morgan fingerprint density at radius 2 is 0.963 bits per heavy atom. The fourth-order valence-electron chi connectivity index (χ4n) is 6.68. The second-order valence-electron chi connectivity index (χ2n) is 16.0. The zero-order chi connectivity index (χ0) is 58.2. The van der Waals surface area contributed by atoms with Gasteiger partial charge in [0.2, 0.25) is 0 Å². The number of ether oxygens (including phenoxy) is 1. The number of ketones is 1. The molecule has 10 rings (SSSR count).